The van der Waals surface area contributed by atoms with E-state index in [1.54, 1.807) is 12.1 Å². The highest BCUT2D eigenvalue weighted by atomic mass is 32.2. The van der Waals surface area contributed by atoms with Crippen LogP contribution in [-0.2, 0) is 9.84 Å². The van der Waals surface area contributed by atoms with E-state index in [2.05, 4.69) is 33.8 Å². The lowest BCUT2D eigenvalue weighted by atomic mass is 9.69. The van der Waals surface area contributed by atoms with Gasteiger partial charge in [-0.2, -0.15) is 0 Å². The predicted molar refractivity (Wildman–Crippen MR) is 129 cm³/mol. The molecule has 1 N–H and O–H groups in total. The van der Waals surface area contributed by atoms with Crippen molar-refractivity contribution in [2.24, 2.45) is 29.1 Å². The highest BCUT2D eigenvalue weighted by molar-refractivity contribution is 7.92. The van der Waals surface area contributed by atoms with Crippen LogP contribution in [0, 0.1) is 36.0 Å². The topological polar surface area (TPSA) is 54.4 Å². The maximum atomic E-state index is 13.6. The maximum absolute atomic E-state index is 13.6. The van der Waals surface area contributed by atoms with Gasteiger partial charge in [-0.3, -0.25) is 0 Å². The molecule has 3 rings (SSSR count). The van der Waals surface area contributed by atoms with Crippen LogP contribution in [0.15, 0.2) is 40.8 Å². The molecule has 0 aliphatic heterocycles. The summed E-state index contributed by atoms with van der Waals surface area (Å²) in [6.45, 7) is 13.1. The van der Waals surface area contributed by atoms with Crippen LogP contribution in [0.1, 0.15) is 78.7 Å². The van der Waals surface area contributed by atoms with Crippen molar-refractivity contribution in [3.05, 3.63) is 41.5 Å². The highest BCUT2D eigenvalue weighted by Gasteiger charge is 2.46. The van der Waals surface area contributed by atoms with Crippen molar-refractivity contribution >= 4 is 9.84 Å². The van der Waals surface area contributed by atoms with Crippen LogP contribution in [0.2, 0.25) is 0 Å². The fourth-order valence-electron chi connectivity index (χ4n) is 6.13. The lowest BCUT2D eigenvalue weighted by Gasteiger charge is -2.36. The van der Waals surface area contributed by atoms with E-state index in [0.717, 1.165) is 36.3 Å². The van der Waals surface area contributed by atoms with E-state index in [1.807, 2.05) is 26.0 Å². The molecule has 0 spiro atoms. The molecular formula is C27H42O3S. The summed E-state index contributed by atoms with van der Waals surface area (Å²) >= 11 is 0. The highest BCUT2D eigenvalue weighted by Crippen LogP contribution is 2.54. The Morgan fingerprint density at radius 2 is 1.71 bits per heavy atom. The monoisotopic (exact) mass is 446 g/mol. The lowest BCUT2D eigenvalue weighted by molar-refractivity contribution is 0.147. The Hall–Kier alpha value is -1.13. The van der Waals surface area contributed by atoms with Gasteiger partial charge in [0.1, 0.15) is 0 Å². The number of fused-ring (bicyclic) bond motifs is 1. The Morgan fingerprint density at radius 3 is 2.32 bits per heavy atom. The first-order valence-corrected chi connectivity index (χ1v) is 13.7. The van der Waals surface area contributed by atoms with Gasteiger partial charge in [0.2, 0.25) is 0 Å². The van der Waals surface area contributed by atoms with Crippen LogP contribution >= 0.6 is 0 Å². The number of aliphatic hydroxyl groups is 1. The smallest absolute Gasteiger partial charge is 0.184 e. The number of allylic oxidation sites excluding steroid dienone is 1. The SMILES string of the molecule is C/C1=C\C[C@@]2(C)CC[C@H](C(C)C)[C@@H]2CC[C@H](C)CC(S(=O)(=O)c2ccc(C)cc2)[C@H]1O. The van der Waals surface area contributed by atoms with Crippen molar-refractivity contribution < 1.29 is 13.5 Å². The standard InChI is InChI=1S/C27H42O3S/c1-18(2)23-14-16-27(6)15-13-21(5)26(28)25(17-20(4)9-12-24(23)27)31(29,30)22-10-7-19(3)8-11-22/h7-8,10-11,13,18,20,23-26,28H,9,12,14-17H2,1-6H3/b21-13+/t20-,23+,24-,25?,26-,27-/m0/s1. The van der Waals surface area contributed by atoms with Gasteiger partial charge in [0.25, 0.3) is 0 Å². The number of benzene rings is 1. The van der Waals surface area contributed by atoms with Crippen molar-refractivity contribution in [3.63, 3.8) is 0 Å². The third-order valence-electron chi connectivity index (χ3n) is 8.38. The van der Waals surface area contributed by atoms with Gasteiger partial charge in [-0.1, -0.05) is 57.9 Å². The number of aryl methyl sites for hydroxylation is 1. The largest absolute Gasteiger partial charge is 0.387 e. The van der Waals surface area contributed by atoms with E-state index in [9.17, 15) is 13.5 Å². The number of hydrogen-bond acceptors (Lipinski definition) is 3. The van der Waals surface area contributed by atoms with Crippen molar-refractivity contribution in [1.82, 2.24) is 0 Å². The molecule has 0 bridgehead atoms. The molecule has 0 heterocycles. The number of hydrogen-bond donors (Lipinski definition) is 1. The minimum absolute atomic E-state index is 0.241. The molecular weight excluding hydrogens is 404 g/mol. The lowest BCUT2D eigenvalue weighted by Crippen LogP contribution is -2.36. The Balaban J connectivity index is 1.95. The fourth-order valence-corrected chi connectivity index (χ4v) is 8.13. The van der Waals surface area contributed by atoms with Crippen LogP contribution in [0.5, 0.6) is 0 Å². The first-order chi connectivity index (χ1) is 14.5. The second kappa shape index (κ2) is 9.39. The molecule has 0 saturated heterocycles. The molecule has 31 heavy (non-hydrogen) atoms. The fraction of sp³-hybridized carbons (Fsp3) is 0.704. The van der Waals surface area contributed by atoms with E-state index in [1.165, 1.54) is 12.8 Å². The number of rotatable bonds is 3. The van der Waals surface area contributed by atoms with Gasteiger partial charge < -0.3 is 5.11 Å². The second-order valence-electron chi connectivity index (χ2n) is 11.1. The van der Waals surface area contributed by atoms with E-state index < -0.39 is 21.2 Å². The molecule has 174 valence electrons. The van der Waals surface area contributed by atoms with Gasteiger partial charge >= 0.3 is 0 Å². The number of sulfone groups is 1. The zero-order valence-electron chi connectivity index (χ0n) is 20.3. The minimum atomic E-state index is -3.62. The van der Waals surface area contributed by atoms with Gasteiger partial charge in [-0.15, -0.1) is 0 Å². The van der Waals surface area contributed by atoms with Gasteiger partial charge in [-0.05, 0) is 92.7 Å². The van der Waals surface area contributed by atoms with Crippen LogP contribution in [0.25, 0.3) is 0 Å². The molecule has 1 saturated carbocycles. The zero-order valence-corrected chi connectivity index (χ0v) is 21.1. The molecule has 0 radical (unpaired) electrons. The first kappa shape index (κ1) is 24.5. The summed E-state index contributed by atoms with van der Waals surface area (Å²) in [5.41, 5.74) is 2.08. The van der Waals surface area contributed by atoms with Crippen molar-refractivity contribution in [2.75, 3.05) is 0 Å². The Bertz CT molecular complexity index is 884. The second-order valence-corrected chi connectivity index (χ2v) is 13.3. The summed E-state index contributed by atoms with van der Waals surface area (Å²) in [6, 6.07) is 7.05. The molecule has 2 aliphatic carbocycles. The summed E-state index contributed by atoms with van der Waals surface area (Å²) in [7, 11) is -3.62. The van der Waals surface area contributed by atoms with Crippen LogP contribution < -0.4 is 0 Å². The molecule has 2 aliphatic rings. The quantitative estimate of drug-likeness (QED) is 0.551. The third kappa shape index (κ3) is 5.11. The van der Waals surface area contributed by atoms with E-state index in [0.29, 0.717) is 23.2 Å². The molecule has 1 unspecified atom stereocenters. The van der Waals surface area contributed by atoms with Gasteiger partial charge in [0.15, 0.2) is 9.84 Å². The normalized spacial score (nSPS) is 37.0. The van der Waals surface area contributed by atoms with Crippen molar-refractivity contribution in [2.45, 2.75) is 96.3 Å². The average molecular weight is 447 g/mol. The average Bonchev–Trinajstić information content (AvgIpc) is 3.04. The predicted octanol–water partition coefficient (Wildman–Crippen LogP) is 6.34. The van der Waals surface area contributed by atoms with Crippen LogP contribution in [0.3, 0.4) is 0 Å². The van der Waals surface area contributed by atoms with Gasteiger partial charge in [0.05, 0.1) is 16.2 Å². The van der Waals surface area contributed by atoms with E-state index in [4.69, 9.17) is 0 Å². The molecule has 4 heteroatoms. The molecule has 6 atom stereocenters. The molecule has 3 nitrogen and oxygen atoms in total. The Labute approximate surface area is 190 Å². The zero-order chi connectivity index (χ0) is 23.0. The first-order valence-electron chi connectivity index (χ1n) is 12.1. The summed E-state index contributed by atoms with van der Waals surface area (Å²) < 4.78 is 27.1. The molecule has 1 fully saturated rings. The molecule has 0 amide bonds. The van der Waals surface area contributed by atoms with Gasteiger partial charge in [-0.25, -0.2) is 8.42 Å². The van der Waals surface area contributed by atoms with E-state index >= 15 is 0 Å². The summed E-state index contributed by atoms with van der Waals surface area (Å²) in [4.78, 5) is 0.320. The number of aliphatic hydroxyl groups excluding tert-OH is 1. The van der Waals surface area contributed by atoms with Crippen molar-refractivity contribution in [3.8, 4) is 0 Å². The van der Waals surface area contributed by atoms with Crippen LogP contribution in [-0.4, -0.2) is 24.9 Å². The third-order valence-corrected chi connectivity index (χ3v) is 10.6. The summed E-state index contributed by atoms with van der Waals surface area (Å²) in [5, 5.41) is 10.4. The molecule has 1 aromatic rings. The van der Waals surface area contributed by atoms with Crippen LogP contribution in [0.4, 0.5) is 0 Å². The Morgan fingerprint density at radius 1 is 1.06 bits per heavy atom. The minimum Gasteiger partial charge on any atom is -0.387 e. The van der Waals surface area contributed by atoms with Gasteiger partial charge in [0, 0.05) is 0 Å². The maximum Gasteiger partial charge on any atom is 0.184 e. The molecule has 1 aromatic carbocycles. The van der Waals surface area contributed by atoms with Crippen molar-refractivity contribution in [1.29, 1.82) is 0 Å². The Kier molecular flexibility index (Phi) is 7.42. The molecule has 0 aromatic heterocycles. The van der Waals surface area contributed by atoms with E-state index in [-0.39, 0.29) is 11.3 Å². The summed E-state index contributed by atoms with van der Waals surface area (Å²) in [6.07, 6.45) is 7.29. The summed E-state index contributed by atoms with van der Waals surface area (Å²) in [5.74, 6) is 2.34.